The summed E-state index contributed by atoms with van der Waals surface area (Å²) >= 11 is 3.52. The maximum atomic E-state index is 13.7. The van der Waals surface area contributed by atoms with E-state index < -0.39 is 59.8 Å². The molecule has 204 valence electrons. The van der Waals surface area contributed by atoms with Crippen molar-refractivity contribution in [3.8, 4) is 0 Å². The van der Waals surface area contributed by atoms with Crippen LogP contribution in [0.2, 0.25) is 0 Å². The number of rotatable bonds is 9. The Bertz CT molecular complexity index is 764. The molecule has 0 aromatic rings. The Morgan fingerprint density at radius 2 is 0.914 bits per heavy atom. The van der Waals surface area contributed by atoms with Crippen molar-refractivity contribution < 1.29 is 133 Å². The number of carboxylic acids is 1. The van der Waals surface area contributed by atoms with Crippen LogP contribution in [0.4, 0.5) is 79.0 Å². The molecule has 0 saturated carbocycles. The average Bonchev–Trinajstić information content (AvgIpc) is 2.49. The van der Waals surface area contributed by atoms with E-state index >= 15 is 0 Å². The molecule has 25 heteroatoms. The Kier molecular flexibility index (Phi) is 10.4. The summed E-state index contributed by atoms with van der Waals surface area (Å²) in [5, 5.41) is 2.87. The molecule has 5 nitrogen and oxygen atoms in total. The van der Waals surface area contributed by atoms with Crippen molar-refractivity contribution in [1.29, 1.82) is 0 Å². The first-order valence-corrected chi connectivity index (χ1v) is 7.10. The molecule has 0 aliphatic rings. The summed E-state index contributed by atoms with van der Waals surface area (Å²) in [6.45, 7) is 0. The van der Waals surface area contributed by atoms with Crippen LogP contribution in [0.5, 0.6) is 0 Å². The molecule has 0 radical (unpaired) electrons. The van der Waals surface area contributed by atoms with Crippen LogP contribution in [0.1, 0.15) is 0 Å². The molecule has 0 aromatic carbocycles. The molecule has 35 heavy (non-hydrogen) atoms. The quantitative estimate of drug-likeness (QED) is 0.174. The summed E-state index contributed by atoms with van der Waals surface area (Å²) in [7, 11) is 0. The third kappa shape index (κ3) is 7.03. The number of carbonyl (C=O) groups excluding carboxylic acids is 1. The van der Waals surface area contributed by atoms with Gasteiger partial charge in [0, 0.05) is 0 Å². The minimum absolute atomic E-state index is 0. The number of hydrogen-bond donors (Lipinski definition) is 0. The number of alkyl halides is 19. The van der Waals surface area contributed by atoms with Crippen LogP contribution in [-0.4, -0.2) is 59.8 Å². The molecule has 0 spiro atoms. The van der Waals surface area contributed by atoms with Crippen LogP contribution >= 0.6 is 11.6 Å². The molecule has 0 aromatic heterocycles. The van der Waals surface area contributed by atoms with Gasteiger partial charge in [0.05, 0.1) is 0 Å². The van der Waals surface area contributed by atoms with E-state index in [4.69, 9.17) is 0 Å². The minimum Gasteiger partial charge on any atom is -0.542 e. The molecule has 0 heterocycles. The summed E-state index contributed by atoms with van der Waals surface area (Å²) in [5.74, 6) is -12.2. The second-order valence-electron chi connectivity index (χ2n) is 5.34. The van der Waals surface area contributed by atoms with Crippen molar-refractivity contribution in [2.75, 3.05) is 0 Å². The van der Waals surface area contributed by atoms with E-state index in [0.29, 0.717) is 0 Å². The van der Waals surface area contributed by atoms with Crippen LogP contribution in [0.3, 0.4) is 0 Å². The molecule has 3 atom stereocenters. The Balaban J connectivity index is 0. The van der Waals surface area contributed by atoms with Crippen LogP contribution in [0, 0.1) is 0 Å². The predicted molar refractivity (Wildman–Crippen MR) is 58.6 cm³/mol. The van der Waals surface area contributed by atoms with Gasteiger partial charge in [-0.05, 0) is 0 Å². The maximum Gasteiger partial charge on any atom is 1.00 e. The van der Waals surface area contributed by atoms with E-state index in [1.807, 2.05) is 0 Å². The van der Waals surface area contributed by atoms with Crippen molar-refractivity contribution in [3.63, 3.8) is 0 Å². The van der Waals surface area contributed by atoms with Gasteiger partial charge in [-0.1, -0.05) is 11.6 Å². The van der Waals surface area contributed by atoms with E-state index in [2.05, 4.69) is 11.6 Å². The molecular formula is C10ClF18NaO5. The van der Waals surface area contributed by atoms with E-state index in [1.54, 1.807) is 0 Å². The molecule has 3 unspecified atom stereocenters. The number of carbonyl (C=O) groups is 1. The number of halogens is 19. The summed E-state index contributed by atoms with van der Waals surface area (Å²) in [5.41, 5.74) is 0. The summed E-state index contributed by atoms with van der Waals surface area (Å²) in [4.78, 5) is 9.84. The zero-order valence-corrected chi connectivity index (χ0v) is 18.0. The van der Waals surface area contributed by atoms with Crippen molar-refractivity contribution in [2.45, 2.75) is 53.9 Å². The van der Waals surface area contributed by atoms with Gasteiger partial charge >= 0.3 is 83.4 Å². The van der Waals surface area contributed by atoms with Crippen LogP contribution in [-0.2, 0) is 19.0 Å². The fourth-order valence-electron chi connectivity index (χ4n) is 1.26. The number of ether oxygens (including phenoxy) is 3. The number of aliphatic carboxylic acids is 1. The van der Waals surface area contributed by atoms with E-state index in [1.165, 1.54) is 14.2 Å². The molecule has 0 amide bonds. The third-order valence-electron chi connectivity index (χ3n) is 2.82. The molecule has 0 rings (SSSR count). The first-order valence-electron chi connectivity index (χ1n) is 6.72. The number of carboxylic acid groups (broad SMARTS) is 1. The molecule has 0 bridgehead atoms. The SMILES string of the molecule is O=C([O-])C(F)(F)OC(F)(C(F)(F)F)C(F)(F)OC(F)(OC(F)(F)C(F)(Cl)C(F)(F)F)C(F)(F)F.[Na+]. The number of hydrogen-bond acceptors (Lipinski definition) is 5. The predicted octanol–water partition coefficient (Wildman–Crippen LogP) is 1.45. The van der Waals surface area contributed by atoms with E-state index in [-0.39, 0.29) is 29.6 Å². The van der Waals surface area contributed by atoms with Crippen LogP contribution < -0.4 is 34.7 Å². The monoisotopic (exact) mass is 600 g/mol. The Hall–Kier alpha value is -0.620. The van der Waals surface area contributed by atoms with Crippen molar-refractivity contribution >= 4 is 17.6 Å². The Morgan fingerprint density at radius 3 is 1.17 bits per heavy atom. The van der Waals surface area contributed by atoms with E-state index in [0.717, 1.165) is 0 Å². The third-order valence-corrected chi connectivity index (χ3v) is 3.26. The molecule has 0 aliphatic carbocycles. The maximum absolute atomic E-state index is 13.7. The summed E-state index contributed by atoms with van der Waals surface area (Å²) < 4.78 is 235. The average molecular weight is 601 g/mol. The van der Waals surface area contributed by atoms with Gasteiger partial charge < -0.3 is 9.90 Å². The summed E-state index contributed by atoms with van der Waals surface area (Å²) in [6, 6.07) is -7.83. The second kappa shape index (κ2) is 9.93. The van der Waals surface area contributed by atoms with Crippen LogP contribution in [0.15, 0.2) is 0 Å². The minimum atomic E-state index is -8.09. The topological polar surface area (TPSA) is 67.8 Å². The smallest absolute Gasteiger partial charge is 0.542 e. The second-order valence-corrected chi connectivity index (χ2v) is 5.86. The van der Waals surface area contributed by atoms with Gasteiger partial charge in [-0.25, -0.2) is 13.9 Å². The normalized spacial score (nSPS) is 19.7. The van der Waals surface area contributed by atoms with Gasteiger partial charge in [0.15, 0.2) is 0 Å². The van der Waals surface area contributed by atoms with Crippen LogP contribution in [0.25, 0.3) is 0 Å². The fraction of sp³-hybridized carbons (Fsp3) is 0.900. The molecule has 0 N–H and O–H groups in total. The largest absolute Gasteiger partial charge is 1.00 e. The van der Waals surface area contributed by atoms with Gasteiger partial charge in [-0.3, -0.25) is 4.74 Å². The molecule has 0 saturated heterocycles. The Morgan fingerprint density at radius 1 is 0.571 bits per heavy atom. The zero-order valence-electron chi connectivity index (χ0n) is 15.2. The van der Waals surface area contributed by atoms with Crippen molar-refractivity contribution in [1.82, 2.24) is 0 Å². The van der Waals surface area contributed by atoms with Crippen molar-refractivity contribution in [3.05, 3.63) is 0 Å². The molecule has 0 fully saturated rings. The van der Waals surface area contributed by atoms with Gasteiger partial charge in [-0.15, -0.1) is 0 Å². The first-order chi connectivity index (χ1) is 14.3. The Labute approximate surface area is 204 Å². The van der Waals surface area contributed by atoms with E-state index in [9.17, 15) is 88.9 Å². The molecule has 0 aliphatic heterocycles. The van der Waals surface area contributed by atoms with Gasteiger partial charge in [-0.2, -0.15) is 74.6 Å². The molecular weight excluding hydrogens is 601 g/mol. The van der Waals surface area contributed by atoms with Gasteiger partial charge in [0.25, 0.3) is 0 Å². The zero-order chi connectivity index (χ0) is 28.2. The van der Waals surface area contributed by atoms with Crippen molar-refractivity contribution in [2.24, 2.45) is 0 Å². The standard InChI is InChI=1S/C10HClF18O5.Na/c11-3(14,5(16,17)18)8(25,26)33-10(29,7(22,23)24)34-9(27,28)4(15,6(19,20)21)32-2(12,13)1(30)31;/h(H,30,31);/q;+1/p-1. The van der Waals surface area contributed by atoms with Gasteiger partial charge in [0.2, 0.25) is 0 Å². The first kappa shape index (κ1) is 36.5. The van der Waals surface area contributed by atoms with Gasteiger partial charge in [0.1, 0.15) is 5.97 Å². The summed E-state index contributed by atoms with van der Waals surface area (Å²) in [6.07, 6.45) is -45.5. The fourth-order valence-corrected chi connectivity index (χ4v) is 1.30.